The van der Waals surface area contributed by atoms with Gasteiger partial charge in [-0.25, -0.2) is 4.98 Å². The summed E-state index contributed by atoms with van der Waals surface area (Å²) in [7, 11) is 0. The van der Waals surface area contributed by atoms with Gasteiger partial charge in [0.15, 0.2) is 0 Å². The minimum atomic E-state index is -0.116. The molecule has 0 aromatic carbocycles. The van der Waals surface area contributed by atoms with Crippen molar-refractivity contribution in [2.24, 2.45) is 17.8 Å². The second-order valence-electron chi connectivity index (χ2n) is 9.75. The number of carbonyl (C=O) groups is 2. The van der Waals surface area contributed by atoms with Crippen LogP contribution in [0.25, 0.3) is 0 Å². The highest BCUT2D eigenvalue weighted by Gasteiger charge is 2.42. The zero-order valence-corrected chi connectivity index (χ0v) is 18.4. The van der Waals surface area contributed by atoms with E-state index in [0.29, 0.717) is 25.6 Å². The van der Waals surface area contributed by atoms with Crippen molar-refractivity contribution in [3.63, 3.8) is 0 Å². The van der Waals surface area contributed by atoms with Gasteiger partial charge in [-0.1, -0.05) is 20.8 Å². The minimum absolute atomic E-state index is 0.0124. The van der Waals surface area contributed by atoms with E-state index in [1.807, 2.05) is 23.6 Å². The molecule has 4 rings (SSSR count). The monoisotopic (exact) mass is 414 g/mol. The van der Waals surface area contributed by atoms with Crippen molar-refractivity contribution in [2.75, 3.05) is 26.2 Å². The molecule has 0 radical (unpaired) electrons. The molecular formula is C23H34N4O3. The molecule has 1 aromatic rings. The number of likely N-dealkylation sites (tertiary alicyclic amines) is 2. The summed E-state index contributed by atoms with van der Waals surface area (Å²) in [5, 5.41) is 0. The molecule has 1 aliphatic carbocycles. The SMILES string of the molecule is CC(C)C(=O)N1CCC(c2nc([C@H]3CCCN(C(=O)[C@@H]4C[C@H]4C)C3)cc(=O)[nH]2)CC1. The Labute approximate surface area is 178 Å². The van der Waals surface area contributed by atoms with Crippen LogP contribution in [0.5, 0.6) is 0 Å². The number of aromatic nitrogens is 2. The second kappa shape index (κ2) is 8.52. The Morgan fingerprint density at radius 1 is 1.10 bits per heavy atom. The number of piperidine rings is 2. The van der Waals surface area contributed by atoms with Gasteiger partial charge in [0.2, 0.25) is 11.8 Å². The van der Waals surface area contributed by atoms with Gasteiger partial charge in [-0.15, -0.1) is 0 Å². The van der Waals surface area contributed by atoms with Crippen molar-refractivity contribution >= 4 is 11.8 Å². The zero-order chi connectivity index (χ0) is 21.4. The maximum Gasteiger partial charge on any atom is 0.251 e. The third-order valence-corrected chi connectivity index (χ3v) is 7.05. The van der Waals surface area contributed by atoms with Gasteiger partial charge in [0, 0.05) is 55.9 Å². The van der Waals surface area contributed by atoms with Crippen LogP contribution in [0.1, 0.15) is 76.2 Å². The molecule has 164 valence electrons. The molecule has 3 atom stereocenters. The van der Waals surface area contributed by atoms with Crippen LogP contribution in [-0.4, -0.2) is 57.8 Å². The molecule has 3 heterocycles. The van der Waals surface area contributed by atoms with Gasteiger partial charge in [0.25, 0.3) is 5.56 Å². The number of H-pyrrole nitrogens is 1. The summed E-state index contributed by atoms with van der Waals surface area (Å²) in [6.45, 7) is 8.89. The molecule has 3 aliphatic rings. The van der Waals surface area contributed by atoms with Crippen LogP contribution < -0.4 is 5.56 Å². The maximum atomic E-state index is 12.7. The molecule has 0 unspecified atom stereocenters. The number of aromatic amines is 1. The molecule has 3 fully saturated rings. The van der Waals surface area contributed by atoms with Crippen LogP contribution in [0.4, 0.5) is 0 Å². The predicted molar refractivity (Wildman–Crippen MR) is 114 cm³/mol. The summed E-state index contributed by atoms with van der Waals surface area (Å²) >= 11 is 0. The van der Waals surface area contributed by atoms with E-state index < -0.39 is 0 Å². The van der Waals surface area contributed by atoms with Crippen molar-refractivity contribution in [3.8, 4) is 0 Å². The van der Waals surface area contributed by atoms with Gasteiger partial charge in [-0.2, -0.15) is 0 Å². The first-order valence-corrected chi connectivity index (χ1v) is 11.5. The van der Waals surface area contributed by atoms with E-state index >= 15 is 0 Å². The molecular weight excluding hydrogens is 380 g/mol. The van der Waals surface area contributed by atoms with E-state index in [9.17, 15) is 14.4 Å². The highest BCUT2D eigenvalue weighted by atomic mass is 16.2. The van der Waals surface area contributed by atoms with Crippen LogP contribution in [0.3, 0.4) is 0 Å². The van der Waals surface area contributed by atoms with E-state index in [-0.39, 0.29) is 41.0 Å². The van der Waals surface area contributed by atoms with Crippen molar-refractivity contribution in [1.82, 2.24) is 19.8 Å². The summed E-state index contributed by atoms with van der Waals surface area (Å²) in [5.41, 5.74) is 0.700. The van der Waals surface area contributed by atoms with Crippen molar-refractivity contribution in [3.05, 3.63) is 27.9 Å². The molecule has 0 spiro atoms. The molecule has 7 heteroatoms. The summed E-state index contributed by atoms with van der Waals surface area (Å²) in [4.78, 5) is 49.0. The number of rotatable bonds is 4. The number of nitrogens with one attached hydrogen (secondary N) is 1. The largest absolute Gasteiger partial charge is 0.342 e. The van der Waals surface area contributed by atoms with Crippen molar-refractivity contribution in [2.45, 2.75) is 64.7 Å². The first-order valence-electron chi connectivity index (χ1n) is 11.5. The predicted octanol–water partition coefficient (Wildman–Crippen LogP) is 2.49. The van der Waals surface area contributed by atoms with Crippen molar-refractivity contribution < 1.29 is 9.59 Å². The van der Waals surface area contributed by atoms with Gasteiger partial charge in [-0.3, -0.25) is 14.4 Å². The topological polar surface area (TPSA) is 86.4 Å². The molecule has 2 aliphatic heterocycles. The highest BCUT2D eigenvalue weighted by Crippen LogP contribution is 2.40. The standard InChI is InChI=1S/C23H34N4O3/c1-14(2)22(29)26-9-6-16(7-10-26)21-24-19(12-20(28)25-21)17-5-4-8-27(13-17)23(30)18-11-15(18)3/h12,14-18H,4-11,13H2,1-3H3,(H,24,25,28)/t15-,17+,18-/m1/s1. The summed E-state index contributed by atoms with van der Waals surface area (Å²) < 4.78 is 0. The highest BCUT2D eigenvalue weighted by molar-refractivity contribution is 5.81. The summed E-state index contributed by atoms with van der Waals surface area (Å²) in [6, 6.07) is 1.61. The number of hydrogen-bond donors (Lipinski definition) is 1. The Balaban J connectivity index is 1.44. The fourth-order valence-corrected chi connectivity index (χ4v) is 4.96. The van der Waals surface area contributed by atoms with Crippen molar-refractivity contribution in [1.29, 1.82) is 0 Å². The number of amides is 2. The fraction of sp³-hybridized carbons (Fsp3) is 0.739. The van der Waals surface area contributed by atoms with E-state index in [2.05, 4.69) is 11.9 Å². The molecule has 2 saturated heterocycles. The van der Waals surface area contributed by atoms with Crippen LogP contribution in [0.2, 0.25) is 0 Å². The molecule has 7 nitrogen and oxygen atoms in total. The Morgan fingerprint density at radius 3 is 2.43 bits per heavy atom. The van der Waals surface area contributed by atoms with Crippen LogP contribution in [-0.2, 0) is 9.59 Å². The number of hydrogen-bond acceptors (Lipinski definition) is 4. The molecule has 1 aromatic heterocycles. The first-order chi connectivity index (χ1) is 14.3. The first kappa shape index (κ1) is 21.1. The maximum absolute atomic E-state index is 12.7. The van der Waals surface area contributed by atoms with Gasteiger partial charge in [0.1, 0.15) is 5.82 Å². The average Bonchev–Trinajstić information content (AvgIpc) is 3.49. The van der Waals surface area contributed by atoms with E-state index in [1.54, 1.807) is 6.07 Å². The second-order valence-corrected chi connectivity index (χ2v) is 9.75. The zero-order valence-electron chi connectivity index (χ0n) is 18.4. The third-order valence-electron chi connectivity index (χ3n) is 7.05. The molecule has 1 saturated carbocycles. The van der Waals surface area contributed by atoms with Gasteiger partial charge in [-0.05, 0) is 38.0 Å². The van der Waals surface area contributed by atoms with E-state index in [0.717, 1.165) is 50.2 Å². The average molecular weight is 415 g/mol. The lowest BCUT2D eigenvalue weighted by Crippen LogP contribution is -2.41. The lowest BCUT2D eigenvalue weighted by molar-refractivity contribution is -0.135. The van der Waals surface area contributed by atoms with Crippen LogP contribution >= 0.6 is 0 Å². The smallest absolute Gasteiger partial charge is 0.251 e. The molecule has 2 amide bonds. The summed E-state index contributed by atoms with van der Waals surface area (Å²) in [5.74, 6) is 2.23. The molecule has 0 bridgehead atoms. The fourth-order valence-electron chi connectivity index (χ4n) is 4.96. The number of carbonyl (C=O) groups excluding carboxylic acids is 2. The van der Waals surface area contributed by atoms with Gasteiger partial charge in [0.05, 0.1) is 5.69 Å². The number of nitrogens with zero attached hydrogens (tertiary/aromatic N) is 3. The molecule has 30 heavy (non-hydrogen) atoms. The lowest BCUT2D eigenvalue weighted by Gasteiger charge is -2.34. The summed E-state index contributed by atoms with van der Waals surface area (Å²) in [6.07, 6.45) is 4.56. The minimum Gasteiger partial charge on any atom is -0.342 e. The Kier molecular flexibility index (Phi) is 5.98. The van der Waals surface area contributed by atoms with Gasteiger partial charge < -0.3 is 14.8 Å². The van der Waals surface area contributed by atoms with Crippen LogP contribution in [0, 0.1) is 17.8 Å². The van der Waals surface area contributed by atoms with Crippen LogP contribution in [0.15, 0.2) is 10.9 Å². The quantitative estimate of drug-likeness (QED) is 0.820. The Hall–Kier alpha value is -2.18. The Bertz CT molecular complexity index is 856. The lowest BCUT2D eigenvalue weighted by atomic mass is 9.92. The normalized spacial score (nSPS) is 27.4. The van der Waals surface area contributed by atoms with Gasteiger partial charge >= 0.3 is 0 Å². The molecule has 1 N–H and O–H groups in total. The van der Waals surface area contributed by atoms with E-state index in [1.165, 1.54) is 0 Å². The Morgan fingerprint density at radius 2 is 1.80 bits per heavy atom. The third kappa shape index (κ3) is 4.44. The van der Waals surface area contributed by atoms with E-state index in [4.69, 9.17) is 4.98 Å².